The predicted molar refractivity (Wildman–Crippen MR) is 137 cm³/mol. The second-order valence-corrected chi connectivity index (χ2v) is 9.86. The monoisotopic (exact) mass is 495 g/mol. The van der Waals surface area contributed by atoms with E-state index in [0.29, 0.717) is 36.1 Å². The van der Waals surface area contributed by atoms with Crippen molar-refractivity contribution in [2.75, 3.05) is 36.8 Å². The molecule has 5 N–H and O–H groups in total. The van der Waals surface area contributed by atoms with Gasteiger partial charge in [-0.25, -0.2) is 19.3 Å². The van der Waals surface area contributed by atoms with E-state index >= 15 is 4.39 Å². The minimum absolute atomic E-state index is 0.145. The van der Waals surface area contributed by atoms with Crippen LogP contribution in [-0.4, -0.2) is 69.1 Å². The zero-order valence-corrected chi connectivity index (χ0v) is 20.4. The largest absolute Gasteiger partial charge is 0.382 e. The summed E-state index contributed by atoms with van der Waals surface area (Å²) >= 11 is 0. The molecule has 0 bridgehead atoms. The molecule has 3 fully saturated rings. The highest BCUT2D eigenvalue weighted by Gasteiger charge is 2.26. The number of aromatic nitrogens is 4. The second kappa shape index (κ2) is 10.8. The second-order valence-electron chi connectivity index (χ2n) is 9.86. The number of fused-ring (bicyclic) bond motifs is 1. The van der Waals surface area contributed by atoms with Crippen molar-refractivity contribution < 1.29 is 9.18 Å². The minimum Gasteiger partial charge on any atom is -0.382 e. The molecular weight excluding hydrogens is 461 g/mol. The number of imidazole rings is 1. The van der Waals surface area contributed by atoms with Gasteiger partial charge in [0.05, 0.1) is 12.9 Å². The van der Waals surface area contributed by atoms with Crippen molar-refractivity contribution in [2.24, 2.45) is 5.73 Å². The Kier molecular flexibility index (Phi) is 7.28. The van der Waals surface area contributed by atoms with Gasteiger partial charge in [0, 0.05) is 48.5 Å². The fraction of sp³-hybridized carbons (Fsp3) is 0.520. The third kappa shape index (κ3) is 5.41. The van der Waals surface area contributed by atoms with E-state index in [1.165, 1.54) is 32.0 Å². The Balaban J connectivity index is 0.000000391. The van der Waals surface area contributed by atoms with Crippen LogP contribution in [0.1, 0.15) is 43.2 Å². The van der Waals surface area contributed by atoms with Crippen LogP contribution in [0, 0.1) is 5.82 Å². The number of halogens is 1. The average molecular weight is 496 g/mol. The molecule has 6 rings (SSSR count). The van der Waals surface area contributed by atoms with Crippen molar-refractivity contribution in [3.63, 3.8) is 0 Å². The third-order valence-corrected chi connectivity index (χ3v) is 7.13. The summed E-state index contributed by atoms with van der Waals surface area (Å²) in [4.78, 5) is 26.9. The van der Waals surface area contributed by atoms with Crippen LogP contribution in [-0.2, 0) is 17.9 Å². The summed E-state index contributed by atoms with van der Waals surface area (Å²) in [5.41, 5.74) is 16.1. The van der Waals surface area contributed by atoms with Crippen LogP contribution in [0.5, 0.6) is 0 Å². The van der Waals surface area contributed by atoms with Crippen LogP contribution in [0.2, 0.25) is 0 Å². The van der Waals surface area contributed by atoms with Gasteiger partial charge in [-0.1, -0.05) is 0 Å². The van der Waals surface area contributed by atoms with Gasteiger partial charge in [0.1, 0.15) is 17.7 Å². The normalized spacial score (nSPS) is 19.9. The van der Waals surface area contributed by atoms with Gasteiger partial charge in [-0.05, 0) is 57.3 Å². The number of hydrogen-bond donors (Lipinski definition) is 3. The van der Waals surface area contributed by atoms with E-state index in [2.05, 4.69) is 30.1 Å². The molecule has 2 aliphatic heterocycles. The Hall–Kier alpha value is -3.31. The average Bonchev–Trinajstić information content (AvgIpc) is 3.23. The van der Waals surface area contributed by atoms with Crippen LogP contribution in [0.4, 0.5) is 15.9 Å². The molecule has 36 heavy (non-hydrogen) atoms. The van der Waals surface area contributed by atoms with Crippen LogP contribution < -0.4 is 21.7 Å². The Morgan fingerprint density at radius 2 is 1.86 bits per heavy atom. The summed E-state index contributed by atoms with van der Waals surface area (Å²) in [6, 6.07) is 4.16. The van der Waals surface area contributed by atoms with Crippen molar-refractivity contribution in [3.8, 4) is 0 Å². The van der Waals surface area contributed by atoms with Gasteiger partial charge in [-0.3, -0.25) is 9.69 Å². The number of nitrogen functional groups attached to an aromatic ring is 1. The molecule has 11 heteroatoms. The molecule has 1 aliphatic carbocycles. The molecular formula is C25H34FN9O. The van der Waals surface area contributed by atoms with Gasteiger partial charge >= 0.3 is 0 Å². The third-order valence-electron chi connectivity index (χ3n) is 7.13. The highest BCUT2D eigenvalue weighted by atomic mass is 19.1. The van der Waals surface area contributed by atoms with Gasteiger partial charge in [0.2, 0.25) is 6.41 Å². The molecule has 2 aromatic heterocycles. The van der Waals surface area contributed by atoms with Crippen molar-refractivity contribution in [1.82, 2.24) is 29.7 Å². The molecule has 1 atom stereocenters. The number of benzene rings is 1. The van der Waals surface area contributed by atoms with E-state index in [9.17, 15) is 4.79 Å². The fourth-order valence-corrected chi connectivity index (χ4v) is 5.00. The van der Waals surface area contributed by atoms with Crippen molar-refractivity contribution >= 4 is 29.1 Å². The van der Waals surface area contributed by atoms with Crippen LogP contribution in [0.25, 0.3) is 11.2 Å². The highest BCUT2D eigenvalue weighted by Crippen LogP contribution is 2.32. The number of nitrogens with two attached hydrogens (primary N) is 2. The zero-order valence-electron chi connectivity index (χ0n) is 20.4. The molecule has 192 valence electrons. The molecule has 0 spiro atoms. The molecule has 1 amide bonds. The van der Waals surface area contributed by atoms with Gasteiger partial charge in [0.25, 0.3) is 0 Å². The lowest BCUT2D eigenvalue weighted by molar-refractivity contribution is -0.109. The number of likely N-dealkylation sites (tertiary alicyclic amines) is 1. The van der Waals surface area contributed by atoms with Crippen LogP contribution in [0.3, 0.4) is 0 Å². The number of hydrogen-bond acceptors (Lipinski definition) is 8. The van der Waals surface area contributed by atoms with E-state index in [4.69, 9.17) is 11.5 Å². The molecule has 10 nitrogen and oxygen atoms in total. The summed E-state index contributed by atoms with van der Waals surface area (Å²) in [5, 5.41) is 2.64. The predicted octanol–water partition coefficient (Wildman–Crippen LogP) is 1.62. The Labute approximate surface area is 209 Å². The van der Waals surface area contributed by atoms with Gasteiger partial charge in [-0.2, -0.15) is 0 Å². The highest BCUT2D eigenvalue weighted by molar-refractivity contribution is 5.81. The zero-order chi connectivity index (χ0) is 25.1. The van der Waals surface area contributed by atoms with Crippen LogP contribution >= 0.6 is 0 Å². The fourth-order valence-electron chi connectivity index (χ4n) is 5.00. The Morgan fingerprint density at radius 3 is 2.53 bits per heavy atom. The van der Waals surface area contributed by atoms with Gasteiger partial charge in [0.15, 0.2) is 11.5 Å². The summed E-state index contributed by atoms with van der Waals surface area (Å²) in [7, 11) is 0. The standard InChI is InChI=1S/C21H27FN8.C4H7NO/c22-17-3-4-18(29-8-5-14(23)9-29)16(15(17)10-28-6-1-2-7-28)11-30-13-27-19-20(24)25-12-26-21(19)30;6-3-5-4-1-2-4/h3-4,12-14H,1-2,5-11,23H2,(H2,24,25,26);3-4H,1-2H2,(H,5,6). The molecule has 3 aromatic rings. The number of carbonyl (C=O) groups excluding carboxylic acids is 1. The summed E-state index contributed by atoms with van der Waals surface area (Å²) < 4.78 is 17.0. The van der Waals surface area contributed by atoms with Crippen molar-refractivity contribution in [1.29, 1.82) is 0 Å². The molecule has 1 aromatic carbocycles. The Bertz CT molecular complexity index is 1210. The molecule has 1 saturated carbocycles. The number of amides is 1. The van der Waals surface area contributed by atoms with E-state index in [-0.39, 0.29) is 11.9 Å². The topological polar surface area (TPSA) is 131 Å². The molecule has 1 unspecified atom stereocenters. The number of anilines is 2. The van der Waals surface area contributed by atoms with Gasteiger partial charge in [-0.15, -0.1) is 0 Å². The maximum atomic E-state index is 15.1. The molecule has 4 heterocycles. The van der Waals surface area contributed by atoms with Gasteiger partial charge < -0.3 is 26.3 Å². The lowest BCUT2D eigenvalue weighted by atomic mass is 10.0. The quantitative estimate of drug-likeness (QED) is 0.422. The van der Waals surface area contributed by atoms with Crippen molar-refractivity contribution in [3.05, 3.63) is 41.7 Å². The lowest BCUT2D eigenvalue weighted by Gasteiger charge is -2.26. The number of rotatable bonds is 7. The summed E-state index contributed by atoms with van der Waals surface area (Å²) in [5.74, 6) is 0.184. The number of nitrogens with zero attached hydrogens (tertiary/aromatic N) is 6. The molecule has 2 saturated heterocycles. The van der Waals surface area contributed by atoms with E-state index in [1.54, 1.807) is 12.4 Å². The molecule has 0 radical (unpaired) electrons. The smallest absolute Gasteiger partial charge is 0.207 e. The first kappa shape index (κ1) is 24.4. The van der Waals surface area contributed by atoms with E-state index < -0.39 is 0 Å². The summed E-state index contributed by atoms with van der Waals surface area (Å²) in [6.45, 7) is 4.75. The SMILES string of the molecule is Nc1ncnc2c1ncn2Cc1c(N2CCC(N)C2)ccc(F)c1CN1CCCC1.O=CNC1CC1. The maximum absolute atomic E-state index is 15.1. The first-order chi connectivity index (χ1) is 17.5. The van der Waals surface area contributed by atoms with E-state index in [0.717, 1.165) is 55.8 Å². The summed E-state index contributed by atoms with van der Waals surface area (Å²) in [6.07, 6.45) is 9.54. The molecule has 3 aliphatic rings. The Morgan fingerprint density at radius 1 is 1.06 bits per heavy atom. The lowest BCUT2D eigenvalue weighted by Crippen LogP contribution is -2.28. The van der Waals surface area contributed by atoms with Crippen molar-refractivity contribution in [2.45, 2.75) is 57.3 Å². The van der Waals surface area contributed by atoms with Crippen LogP contribution in [0.15, 0.2) is 24.8 Å². The number of nitrogens with one attached hydrogen (secondary N) is 1. The minimum atomic E-state index is -0.164. The number of carbonyl (C=O) groups is 1. The van der Waals surface area contributed by atoms with E-state index in [1.807, 2.05) is 10.6 Å². The first-order valence-corrected chi connectivity index (χ1v) is 12.7. The maximum Gasteiger partial charge on any atom is 0.207 e. The first-order valence-electron chi connectivity index (χ1n) is 12.7.